The third-order valence-corrected chi connectivity index (χ3v) is 2.97. The minimum absolute atomic E-state index is 0.0346. The Morgan fingerprint density at radius 3 is 2.44 bits per heavy atom. The van der Waals surface area contributed by atoms with E-state index in [-0.39, 0.29) is 5.41 Å². The largest absolute Gasteiger partial charge is 0.446 e. The van der Waals surface area contributed by atoms with E-state index >= 15 is 0 Å². The smallest absolute Gasteiger partial charge is 0.197 e. The Morgan fingerprint density at radius 2 is 1.94 bits per heavy atom. The number of halogens is 1. The molecule has 0 aromatic carbocycles. The van der Waals surface area contributed by atoms with Gasteiger partial charge >= 0.3 is 0 Å². The standard InChI is InChI=1S/C13H16BrN3O/c1-13(2,3)9-7-11(15-4)17-12(16-9)8-5-6-10(14)18-8/h5-7H,1-4H3,(H,15,16,17). The molecule has 18 heavy (non-hydrogen) atoms. The van der Waals surface area contributed by atoms with Crippen molar-refractivity contribution in [3.63, 3.8) is 0 Å². The van der Waals surface area contributed by atoms with Crippen molar-refractivity contribution in [2.45, 2.75) is 26.2 Å². The predicted octanol–water partition coefficient (Wildman–Crippen LogP) is 3.84. The maximum atomic E-state index is 5.50. The Kier molecular flexibility index (Phi) is 3.43. The summed E-state index contributed by atoms with van der Waals surface area (Å²) in [5.41, 5.74) is 0.942. The van der Waals surface area contributed by atoms with Gasteiger partial charge in [-0.1, -0.05) is 20.8 Å². The highest BCUT2D eigenvalue weighted by molar-refractivity contribution is 9.10. The van der Waals surface area contributed by atoms with Crippen LogP contribution in [0.25, 0.3) is 11.6 Å². The summed E-state index contributed by atoms with van der Waals surface area (Å²) >= 11 is 3.29. The minimum Gasteiger partial charge on any atom is -0.446 e. The van der Waals surface area contributed by atoms with Gasteiger partial charge in [-0.2, -0.15) is 0 Å². The quantitative estimate of drug-likeness (QED) is 0.915. The Hall–Kier alpha value is -1.36. The molecule has 0 fully saturated rings. The topological polar surface area (TPSA) is 51.0 Å². The molecule has 0 saturated carbocycles. The first-order chi connectivity index (χ1) is 8.40. The van der Waals surface area contributed by atoms with Crippen molar-refractivity contribution in [1.82, 2.24) is 9.97 Å². The fraction of sp³-hybridized carbons (Fsp3) is 0.385. The van der Waals surface area contributed by atoms with Crippen LogP contribution in [0, 0.1) is 0 Å². The highest BCUT2D eigenvalue weighted by atomic mass is 79.9. The van der Waals surface area contributed by atoms with Gasteiger partial charge in [-0.3, -0.25) is 0 Å². The number of hydrogen-bond acceptors (Lipinski definition) is 4. The molecule has 0 spiro atoms. The summed E-state index contributed by atoms with van der Waals surface area (Å²) in [6.07, 6.45) is 0. The average Bonchev–Trinajstić information content (AvgIpc) is 2.74. The maximum absolute atomic E-state index is 5.50. The van der Waals surface area contributed by atoms with Crippen LogP contribution in [0.5, 0.6) is 0 Å². The van der Waals surface area contributed by atoms with Crippen LogP contribution in [0.1, 0.15) is 26.5 Å². The first kappa shape index (κ1) is 13.1. The summed E-state index contributed by atoms with van der Waals surface area (Å²) in [6.45, 7) is 6.36. The summed E-state index contributed by atoms with van der Waals surface area (Å²) in [5, 5.41) is 3.05. The molecule has 2 aromatic rings. The summed E-state index contributed by atoms with van der Waals surface area (Å²) < 4.78 is 6.17. The molecule has 0 radical (unpaired) electrons. The molecule has 0 amide bonds. The Bertz CT molecular complexity index is 558. The average molecular weight is 310 g/mol. The molecular weight excluding hydrogens is 294 g/mol. The molecule has 0 bridgehead atoms. The van der Waals surface area contributed by atoms with Crippen molar-refractivity contribution in [3.8, 4) is 11.6 Å². The molecule has 1 N–H and O–H groups in total. The number of aromatic nitrogens is 2. The van der Waals surface area contributed by atoms with Crippen molar-refractivity contribution >= 4 is 21.7 Å². The number of hydrogen-bond donors (Lipinski definition) is 1. The predicted molar refractivity (Wildman–Crippen MR) is 75.7 cm³/mol. The SMILES string of the molecule is CNc1cc(C(C)(C)C)nc(-c2ccc(Br)o2)n1. The third kappa shape index (κ3) is 2.72. The van der Waals surface area contributed by atoms with E-state index in [9.17, 15) is 0 Å². The molecule has 0 saturated heterocycles. The zero-order chi connectivity index (χ0) is 13.3. The molecule has 0 aliphatic carbocycles. The third-order valence-electron chi connectivity index (χ3n) is 2.54. The van der Waals surface area contributed by atoms with E-state index in [2.05, 4.69) is 52.0 Å². The fourth-order valence-electron chi connectivity index (χ4n) is 1.50. The second-order valence-corrected chi connectivity index (χ2v) is 5.85. The molecule has 2 heterocycles. The highest BCUT2D eigenvalue weighted by Crippen LogP contribution is 2.27. The van der Waals surface area contributed by atoms with Gasteiger partial charge in [-0.25, -0.2) is 9.97 Å². The van der Waals surface area contributed by atoms with Gasteiger partial charge in [-0.05, 0) is 28.1 Å². The monoisotopic (exact) mass is 309 g/mol. The van der Waals surface area contributed by atoms with Gasteiger partial charge in [0.05, 0.1) is 5.69 Å². The minimum atomic E-state index is -0.0346. The fourth-order valence-corrected chi connectivity index (χ4v) is 1.81. The van der Waals surface area contributed by atoms with Crippen molar-refractivity contribution in [1.29, 1.82) is 0 Å². The lowest BCUT2D eigenvalue weighted by Crippen LogP contribution is -2.15. The number of rotatable bonds is 2. The second-order valence-electron chi connectivity index (χ2n) is 5.07. The van der Waals surface area contributed by atoms with Gasteiger partial charge in [0, 0.05) is 18.5 Å². The lowest BCUT2D eigenvalue weighted by atomic mass is 9.92. The van der Waals surface area contributed by atoms with Crippen LogP contribution >= 0.6 is 15.9 Å². The van der Waals surface area contributed by atoms with Gasteiger partial charge < -0.3 is 9.73 Å². The van der Waals surface area contributed by atoms with Crippen LogP contribution in [-0.2, 0) is 5.41 Å². The Balaban J connectivity index is 2.54. The Morgan fingerprint density at radius 1 is 1.22 bits per heavy atom. The summed E-state index contributed by atoms with van der Waals surface area (Å²) in [4.78, 5) is 8.98. The van der Waals surface area contributed by atoms with Gasteiger partial charge in [0.15, 0.2) is 16.3 Å². The van der Waals surface area contributed by atoms with Crippen molar-refractivity contribution in [2.24, 2.45) is 0 Å². The number of nitrogens with zero attached hydrogens (tertiary/aromatic N) is 2. The van der Waals surface area contributed by atoms with Crippen LogP contribution < -0.4 is 5.32 Å². The van der Waals surface area contributed by atoms with Crippen LogP contribution in [0.4, 0.5) is 5.82 Å². The van der Waals surface area contributed by atoms with E-state index in [1.165, 1.54) is 0 Å². The number of nitrogens with one attached hydrogen (secondary N) is 1. The molecule has 0 unspecified atom stereocenters. The van der Waals surface area contributed by atoms with Crippen LogP contribution in [0.2, 0.25) is 0 Å². The lowest BCUT2D eigenvalue weighted by Gasteiger charge is -2.18. The molecule has 5 heteroatoms. The van der Waals surface area contributed by atoms with Crippen molar-refractivity contribution in [2.75, 3.05) is 12.4 Å². The molecule has 4 nitrogen and oxygen atoms in total. The molecule has 2 rings (SSSR count). The van der Waals surface area contributed by atoms with E-state index in [0.717, 1.165) is 11.5 Å². The summed E-state index contributed by atoms with van der Waals surface area (Å²) in [5.74, 6) is 2.04. The highest BCUT2D eigenvalue weighted by Gasteiger charge is 2.19. The van der Waals surface area contributed by atoms with Crippen LogP contribution in [0.3, 0.4) is 0 Å². The van der Waals surface area contributed by atoms with Crippen molar-refractivity contribution in [3.05, 3.63) is 28.6 Å². The molecule has 2 aromatic heterocycles. The molecule has 0 aliphatic rings. The van der Waals surface area contributed by atoms with E-state index in [1.807, 2.05) is 25.2 Å². The summed E-state index contributed by atoms with van der Waals surface area (Å²) in [7, 11) is 1.84. The van der Waals surface area contributed by atoms with Gasteiger partial charge in [0.1, 0.15) is 5.82 Å². The van der Waals surface area contributed by atoms with E-state index in [0.29, 0.717) is 16.3 Å². The summed E-state index contributed by atoms with van der Waals surface area (Å²) in [6, 6.07) is 5.65. The van der Waals surface area contributed by atoms with Gasteiger partial charge in [0.2, 0.25) is 0 Å². The lowest BCUT2D eigenvalue weighted by molar-refractivity contribution is 0.543. The zero-order valence-corrected chi connectivity index (χ0v) is 12.5. The van der Waals surface area contributed by atoms with Crippen molar-refractivity contribution < 1.29 is 4.42 Å². The number of anilines is 1. The first-order valence-corrected chi connectivity index (χ1v) is 6.52. The first-order valence-electron chi connectivity index (χ1n) is 5.73. The van der Waals surface area contributed by atoms with E-state index < -0.39 is 0 Å². The molecule has 96 valence electrons. The van der Waals surface area contributed by atoms with E-state index in [1.54, 1.807) is 0 Å². The molecule has 0 aliphatic heterocycles. The van der Waals surface area contributed by atoms with E-state index in [4.69, 9.17) is 4.42 Å². The number of furan rings is 1. The van der Waals surface area contributed by atoms with Crippen LogP contribution in [-0.4, -0.2) is 17.0 Å². The maximum Gasteiger partial charge on any atom is 0.197 e. The second kappa shape index (κ2) is 4.72. The Labute approximate surface area is 115 Å². The zero-order valence-electron chi connectivity index (χ0n) is 10.9. The van der Waals surface area contributed by atoms with Crippen LogP contribution in [0.15, 0.2) is 27.3 Å². The normalized spacial score (nSPS) is 11.6. The molecule has 0 atom stereocenters. The molecular formula is C13H16BrN3O. The van der Waals surface area contributed by atoms with Gasteiger partial charge in [-0.15, -0.1) is 0 Å². The van der Waals surface area contributed by atoms with Gasteiger partial charge in [0.25, 0.3) is 0 Å².